The highest BCUT2D eigenvalue weighted by molar-refractivity contribution is 7.13. The summed E-state index contributed by atoms with van der Waals surface area (Å²) in [6.07, 6.45) is 1.80. The van der Waals surface area contributed by atoms with Crippen LogP contribution >= 0.6 is 11.3 Å². The Bertz CT molecular complexity index is 881. The molecule has 0 unspecified atom stereocenters. The zero-order chi connectivity index (χ0) is 18.7. The highest BCUT2D eigenvalue weighted by atomic mass is 32.1. The van der Waals surface area contributed by atoms with Crippen molar-refractivity contribution in [3.8, 4) is 16.3 Å². The molecule has 1 amide bonds. The van der Waals surface area contributed by atoms with Gasteiger partial charge in [0.15, 0.2) is 0 Å². The molecule has 0 aliphatic carbocycles. The van der Waals surface area contributed by atoms with Crippen molar-refractivity contribution in [3.63, 3.8) is 0 Å². The third-order valence-corrected chi connectivity index (χ3v) is 4.50. The number of thiazole rings is 1. The molecule has 7 heteroatoms. The second kappa shape index (κ2) is 7.70. The highest BCUT2D eigenvalue weighted by Crippen LogP contribution is 2.26. The first-order valence-corrected chi connectivity index (χ1v) is 9.39. The average Bonchev–Trinajstić information content (AvgIpc) is 3.24. The summed E-state index contributed by atoms with van der Waals surface area (Å²) in [7, 11) is 0. The van der Waals surface area contributed by atoms with Gasteiger partial charge in [-0.2, -0.15) is 5.10 Å². The predicted molar refractivity (Wildman–Crippen MR) is 104 cm³/mol. The van der Waals surface area contributed by atoms with Crippen LogP contribution in [-0.2, 0) is 0 Å². The van der Waals surface area contributed by atoms with Crippen LogP contribution in [0.4, 0.5) is 5.82 Å². The van der Waals surface area contributed by atoms with Crippen molar-refractivity contribution in [1.29, 1.82) is 0 Å². The van der Waals surface area contributed by atoms with E-state index in [1.54, 1.807) is 22.3 Å². The summed E-state index contributed by atoms with van der Waals surface area (Å²) in [6.45, 7) is 8.00. The lowest BCUT2D eigenvalue weighted by atomic mass is 10.2. The topological polar surface area (TPSA) is 69.0 Å². The monoisotopic (exact) mass is 370 g/mol. The van der Waals surface area contributed by atoms with Crippen molar-refractivity contribution in [2.45, 2.75) is 39.8 Å². The number of hydrogen-bond acceptors (Lipinski definition) is 5. The summed E-state index contributed by atoms with van der Waals surface area (Å²) in [5.74, 6) is 1.24. The smallest absolute Gasteiger partial charge is 0.276 e. The number of benzene rings is 1. The number of carbonyl (C=O) groups excluding carboxylic acids is 1. The number of aromatic nitrogens is 3. The molecule has 0 aliphatic rings. The Kier molecular flexibility index (Phi) is 5.37. The molecule has 0 atom stereocenters. The Morgan fingerprint density at radius 3 is 2.54 bits per heavy atom. The van der Waals surface area contributed by atoms with E-state index in [-0.39, 0.29) is 18.1 Å². The fourth-order valence-electron chi connectivity index (χ4n) is 2.46. The molecule has 0 spiro atoms. The first kappa shape index (κ1) is 18.1. The maximum atomic E-state index is 12.5. The van der Waals surface area contributed by atoms with Crippen LogP contribution in [-0.4, -0.2) is 26.8 Å². The third-order valence-electron chi connectivity index (χ3n) is 3.61. The largest absolute Gasteiger partial charge is 0.491 e. The number of nitrogens with one attached hydrogen (secondary N) is 1. The molecule has 0 bridgehead atoms. The Labute approximate surface area is 156 Å². The molecule has 0 radical (unpaired) electrons. The average molecular weight is 370 g/mol. The van der Waals surface area contributed by atoms with Crippen LogP contribution in [0.1, 0.15) is 44.2 Å². The van der Waals surface area contributed by atoms with E-state index in [1.807, 2.05) is 52.0 Å². The number of anilines is 1. The second-order valence-electron chi connectivity index (χ2n) is 6.44. The molecule has 26 heavy (non-hydrogen) atoms. The maximum absolute atomic E-state index is 12.5. The van der Waals surface area contributed by atoms with Gasteiger partial charge in [-0.3, -0.25) is 4.79 Å². The molecule has 6 nitrogen and oxygen atoms in total. The van der Waals surface area contributed by atoms with Crippen LogP contribution in [0.25, 0.3) is 10.6 Å². The Hall–Kier alpha value is -2.67. The van der Waals surface area contributed by atoms with Gasteiger partial charge in [0, 0.05) is 23.1 Å². The summed E-state index contributed by atoms with van der Waals surface area (Å²) >= 11 is 1.44. The van der Waals surface area contributed by atoms with Crippen LogP contribution in [0.5, 0.6) is 5.75 Å². The van der Waals surface area contributed by atoms with Gasteiger partial charge in [-0.15, -0.1) is 11.3 Å². The Balaban J connectivity index is 1.73. The zero-order valence-corrected chi connectivity index (χ0v) is 16.1. The SMILES string of the molecule is CC(C)Oc1ccc(-c2nc(C(=O)Nc3ccnn3C(C)C)cs2)cc1. The third kappa shape index (κ3) is 4.11. The summed E-state index contributed by atoms with van der Waals surface area (Å²) in [5, 5.41) is 9.64. The minimum Gasteiger partial charge on any atom is -0.491 e. The zero-order valence-electron chi connectivity index (χ0n) is 15.3. The van der Waals surface area contributed by atoms with Gasteiger partial charge in [0.2, 0.25) is 0 Å². The van der Waals surface area contributed by atoms with Crippen LogP contribution in [0.3, 0.4) is 0 Å². The molecule has 3 aromatic rings. The summed E-state index contributed by atoms with van der Waals surface area (Å²) in [5.41, 5.74) is 1.35. The molecule has 2 aromatic heterocycles. The van der Waals surface area contributed by atoms with Gasteiger partial charge in [0.1, 0.15) is 22.3 Å². The number of ether oxygens (including phenoxy) is 1. The molecule has 0 aliphatic heterocycles. The molecule has 0 saturated heterocycles. The van der Waals surface area contributed by atoms with E-state index in [0.717, 1.165) is 16.3 Å². The van der Waals surface area contributed by atoms with Crippen LogP contribution in [0.15, 0.2) is 41.9 Å². The molecule has 0 saturated carbocycles. The molecule has 0 fully saturated rings. The fourth-order valence-corrected chi connectivity index (χ4v) is 3.27. The standard InChI is InChI=1S/C19H22N4O2S/c1-12(2)23-17(9-10-20-23)22-18(24)16-11-26-19(21-16)14-5-7-15(8-6-14)25-13(3)4/h5-13H,1-4H3,(H,22,24). The summed E-state index contributed by atoms with van der Waals surface area (Å²) in [4.78, 5) is 16.9. The van der Waals surface area contributed by atoms with Gasteiger partial charge < -0.3 is 10.1 Å². The van der Waals surface area contributed by atoms with E-state index < -0.39 is 0 Å². The van der Waals surface area contributed by atoms with Crippen molar-refractivity contribution >= 4 is 23.1 Å². The fraction of sp³-hybridized carbons (Fsp3) is 0.316. The van der Waals surface area contributed by atoms with Crippen LogP contribution < -0.4 is 10.1 Å². The van der Waals surface area contributed by atoms with Gasteiger partial charge in [0.25, 0.3) is 5.91 Å². The quantitative estimate of drug-likeness (QED) is 0.687. The van der Waals surface area contributed by atoms with Crippen LogP contribution in [0.2, 0.25) is 0 Å². The number of nitrogens with zero attached hydrogens (tertiary/aromatic N) is 3. The predicted octanol–water partition coefficient (Wildman–Crippen LogP) is 4.63. The van der Waals surface area contributed by atoms with Crippen molar-refractivity contribution in [3.05, 3.63) is 47.6 Å². The van der Waals surface area contributed by atoms with E-state index in [0.29, 0.717) is 11.5 Å². The minimum absolute atomic E-state index is 0.135. The highest BCUT2D eigenvalue weighted by Gasteiger charge is 2.15. The Morgan fingerprint density at radius 1 is 1.15 bits per heavy atom. The van der Waals surface area contributed by atoms with E-state index in [4.69, 9.17) is 4.74 Å². The minimum atomic E-state index is -0.241. The molecule has 3 rings (SSSR count). The van der Waals surface area contributed by atoms with E-state index >= 15 is 0 Å². The van der Waals surface area contributed by atoms with E-state index in [9.17, 15) is 4.79 Å². The van der Waals surface area contributed by atoms with Gasteiger partial charge in [-0.05, 0) is 52.0 Å². The van der Waals surface area contributed by atoms with Crippen molar-refractivity contribution in [2.24, 2.45) is 0 Å². The van der Waals surface area contributed by atoms with E-state index in [2.05, 4.69) is 15.4 Å². The molecule has 136 valence electrons. The molecule has 1 aromatic carbocycles. The van der Waals surface area contributed by atoms with Gasteiger partial charge >= 0.3 is 0 Å². The lowest BCUT2D eigenvalue weighted by Crippen LogP contribution is -2.17. The van der Waals surface area contributed by atoms with Gasteiger partial charge in [0.05, 0.1) is 12.3 Å². The summed E-state index contributed by atoms with van der Waals surface area (Å²) in [6, 6.07) is 9.67. The van der Waals surface area contributed by atoms with Gasteiger partial charge in [-0.1, -0.05) is 0 Å². The molecule has 2 heterocycles. The first-order chi connectivity index (χ1) is 12.4. The maximum Gasteiger partial charge on any atom is 0.276 e. The van der Waals surface area contributed by atoms with Crippen molar-refractivity contribution in [2.75, 3.05) is 5.32 Å². The first-order valence-electron chi connectivity index (χ1n) is 8.51. The second-order valence-corrected chi connectivity index (χ2v) is 7.30. The van der Waals surface area contributed by atoms with Gasteiger partial charge in [-0.25, -0.2) is 9.67 Å². The summed E-state index contributed by atoms with van der Waals surface area (Å²) < 4.78 is 7.41. The molecule has 1 N–H and O–H groups in total. The number of hydrogen-bond donors (Lipinski definition) is 1. The van der Waals surface area contributed by atoms with Crippen LogP contribution in [0, 0.1) is 0 Å². The normalized spacial score (nSPS) is 11.2. The Morgan fingerprint density at radius 2 is 1.88 bits per heavy atom. The number of amides is 1. The lowest BCUT2D eigenvalue weighted by Gasteiger charge is -2.11. The molecular formula is C19H22N4O2S. The molecular weight excluding hydrogens is 348 g/mol. The van der Waals surface area contributed by atoms with E-state index in [1.165, 1.54) is 11.3 Å². The number of rotatable bonds is 6. The van der Waals surface area contributed by atoms with Crippen molar-refractivity contribution < 1.29 is 9.53 Å². The number of carbonyl (C=O) groups is 1. The lowest BCUT2D eigenvalue weighted by molar-refractivity contribution is 0.102. The van der Waals surface area contributed by atoms with Crippen molar-refractivity contribution in [1.82, 2.24) is 14.8 Å².